The van der Waals surface area contributed by atoms with E-state index in [-0.39, 0.29) is 5.97 Å². The molecule has 5 nitrogen and oxygen atoms in total. The highest BCUT2D eigenvalue weighted by Crippen LogP contribution is 2.23. The van der Waals surface area contributed by atoms with Crippen LogP contribution in [0.5, 0.6) is 11.5 Å². The lowest BCUT2D eigenvalue weighted by molar-refractivity contribution is 0.0526. The van der Waals surface area contributed by atoms with Crippen molar-refractivity contribution in [3.8, 4) is 11.5 Å². The highest BCUT2D eigenvalue weighted by atomic mass is 16.5. The molecule has 2 N–H and O–H groups in total. The molecule has 0 aromatic heterocycles. The van der Waals surface area contributed by atoms with E-state index < -0.39 is 0 Å². The van der Waals surface area contributed by atoms with Crippen molar-refractivity contribution >= 4 is 11.7 Å². The fraction of sp³-hybridized carbons (Fsp3) is 0.350. The van der Waals surface area contributed by atoms with Crippen LogP contribution >= 0.6 is 0 Å². The summed E-state index contributed by atoms with van der Waals surface area (Å²) in [6.07, 6.45) is 1.72. The zero-order valence-corrected chi connectivity index (χ0v) is 14.8. The third-order valence-corrected chi connectivity index (χ3v) is 3.67. The summed E-state index contributed by atoms with van der Waals surface area (Å²) in [4.78, 5) is 11.7. The Kier molecular flexibility index (Phi) is 7.14. The maximum Gasteiger partial charge on any atom is 0.338 e. The zero-order chi connectivity index (χ0) is 18.1. The van der Waals surface area contributed by atoms with Crippen molar-refractivity contribution in [2.45, 2.75) is 26.7 Å². The average molecular weight is 343 g/mol. The van der Waals surface area contributed by atoms with Gasteiger partial charge in [-0.05, 0) is 49.2 Å². The number of hydrogen-bond donors (Lipinski definition) is 1. The predicted molar refractivity (Wildman–Crippen MR) is 98.2 cm³/mol. The van der Waals surface area contributed by atoms with Gasteiger partial charge in [0, 0.05) is 6.42 Å². The molecule has 0 atom stereocenters. The average Bonchev–Trinajstić information content (AvgIpc) is 2.63. The van der Waals surface area contributed by atoms with Gasteiger partial charge in [-0.3, -0.25) is 0 Å². The summed E-state index contributed by atoms with van der Waals surface area (Å²) in [5.74, 6) is 0.949. The predicted octanol–water partition coefficient (Wildman–Crippen LogP) is 3.86. The lowest BCUT2D eigenvalue weighted by Gasteiger charge is -2.11. The number of rotatable bonds is 9. The molecule has 0 amide bonds. The molecular weight excluding hydrogens is 318 g/mol. The Morgan fingerprint density at radius 3 is 2.40 bits per heavy atom. The molecule has 25 heavy (non-hydrogen) atoms. The Hall–Kier alpha value is -2.69. The van der Waals surface area contributed by atoms with E-state index in [1.165, 1.54) is 5.56 Å². The third-order valence-electron chi connectivity index (χ3n) is 3.67. The first kappa shape index (κ1) is 18.6. The van der Waals surface area contributed by atoms with Crippen molar-refractivity contribution in [2.75, 3.05) is 25.6 Å². The molecule has 2 aromatic rings. The van der Waals surface area contributed by atoms with E-state index in [9.17, 15) is 4.79 Å². The summed E-state index contributed by atoms with van der Waals surface area (Å²) >= 11 is 0. The van der Waals surface area contributed by atoms with Crippen LogP contribution < -0.4 is 15.2 Å². The Bertz CT molecular complexity index is 683. The lowest BCUT2D eigenvalue weighted by Crippen LogP contribution is -2.08. The smallest absolute Gasteiger partial charge is 0.338 e. The van der Waals surface area contributed by atoms with Crippen LogP contribution in [0.3, 0.4) is 0 Å². The number of nitrogens with two attached hydrogens (primary N) is 1. The van der Waals surface area contributed by atoms with Crippen LogP contribution in [0.2, 0.25) is 0 Å². The van der Waals surface area contributed by atoms with Crippen LogP contribution in [0.4, 0.5) is 5.69 Å². The zero-order valence-electron chi connectivity index (χ0n) is 14.8. The van der Waals surface area contributed by atoms with Gasteiger partial charge in [0.25, 0.3) is 0 Å². The van der Waals surface area contributed by atoms with Gasteiger partial charge in [-0.1, -0.05) is 19.1 Å². The van der Waals surface area contributed by atoms with Gasteiger partial charge in [0.05, 0.1) is 31.1 Å². The number of carbonyl (C=O) groups is 1. The van der Waals surface area contributed by atoms with Crippen LogP contribution in [0.25, 0.3) is 0 Å². The monoisotopic (exact) mass is 343 g/mol. The van der Waals surface area contributed by atoms with Gasteiger partial charge in [-0.25, -0.2) is 4.79 Å². The molecule has 0 radical (unpaired) electrons. The summed E-state index contributed by atoms with van der Waals surface area (Å²) in [5, 5.41) is 0. The molecule has 0 aliphatic carbocycles. The molecule has 0 unspecified atom stereocenters. The second-order valence-electron chi connectivity index (χ2n) is 5.52. The topological polar surface area (TPSA) is 70.8 Å². The van der Waals surface area contributed by atoms with Crippen molar-refractivity contribution in [3.63, 3.8) is 0 Å². The lowest BCUT2D eigenvalue weighted by atomic mass is 10.2. The number of esters is 1. The van der Waals surface area contributed by atoms with E-state index in [1.807, 2.05) is 12.1 Å². The van der Waals surface area contributed by atoms with Crippen LogP contribution in [0.15, 0.2) is 42.5 Å². The Morgan fingerprint density at radius 2 is 1.72 bits per heavy atom. The van der Waals surface area contributed by atoms with Gasteiger partial charge in [0.15, 0.2) is 0 Å². The number of anilines is 1. The van der Waals surface area contributed by atoms with Gasteiger partial charge < -0.3 is 19.9 Å². The quantitative estimate of drug-likeness (QED) is 0.425. The van der Waals surface area contributed by atoms with E-state index in [0.717, 1.165) is 12.2 Å². The van der Waals surface area contributed by atoms with Crippen LogP contribution in [-0.4, -0.2) is 25.8 Å². The van der Waals surface area contributed by atoms with Gasteiger partial charge in [0.2, 0.25) is 0 Å². The molecule has 0 saturated heterocycles. The molecule has 0 aliphatic rings. The van der Waals surface area contributed by atoms with E-state index in [2.05, 4.69) is 19.1 Å². The minimum absolute atomic E-state index is 0.329. The first-order valence-electron chi connectivity index (χ1n) is 8.55. The summed E-state index contributed by atoms with van der Waals surface area (Å²) in [6, 6.07) is 13.0. The molecular formula is C20H25NO4. The molecule has 0 spiro atoms. The molecule has 2 aromatic carbocycles. The second-order valence-corrected chi connectivity index (χ2v) is 5.52. The first-order valence-corrected chi connectivity index (χ1v) is 8.55. The van der Waals surface area contributed by atoms with E-state index in [1.54, 1.807) is 25.1 Å². The Morgan fingerprint density at radius 1 is 1.00 bits per heavy atom. The SMILES string of the molecule is CCOC(=O)c1ccc(N)c(OCCCOc2ccc(CC)cc2)c1. The van der Waals surface area contributed by atoms with Crippen LogP contribution in [0.1, 0.15) is 36.2 Å². The van der Waals surface area contributed by atoms with Crippen molar-refractivity contribution < 1.29 is 19.0 Å². The minimum atomic E-state index is -0.383. The van der Waals surface area contributed by atoms with Crippen molar-refractivity contribution in [2.24, 2.45) is 0 Å². The number of carbonyl (C=O) groups excluding carboxylic acids is 1. The van der Waals surface area contributed by atoms with E-state index >= 15 is 0 Å². The summed E-state index contributed by atoms with van der Waals surface area (Å²) in [7, 11) is 0. The summed E-state index contributed by atoms with van der Waals surface area (Å²) < 4.78 is 16.3. The van der Waals surface area contributed by atoms with Crippen molar-refractivity contribution in [1.82, 2.24) is 0 Å². The van der Waals surface area contributed by atoms with Crippen LogP contribution in [0, 0.1) is 0 Å². The number of hydrogen-bond acceptors (Lipinski definition) is 5. The number of benzene rings is 2. The molecule has 0 aliphatic heterocycles. The fourth-order valence-electron chi connectivity index (χ4n) is 2.25. The third kappa shape index (κ3) is 5.71. The second kappa shape index (κ2) is 9.57. The summed E-state index contributed by atoms with van der Waals surface area (Å²) in [5.41, 5.74) is 8.09. The highest BCUT2D eigenvalue weighted by molar-refractivity contribution is 5.90. The van der Waals surface area contributed by atoms with Crippen LogP contribution in [-0.2, 0) is 11.2 Å². The molecule has 0 fully saturated rings. The molecule has 134 valence electrons. The van der Waals surface area contributed by atoms with Gasteiger partial charge >= 0.3 is 5.97 Å². The molecule has 2 rings (SSSR count). The molecule has 5 heteroatoms. The van der Waals surface area contributed by atoms with Crippen molar-refractivity contribution in [1.29, 1.82) is 0 Å². The van der Waals surface area contributed by atoms with E-state index in [0.29, 0.717) is 43.2 Å². The van der Waals surface area contributed by atoms with Crippen molar-refractivity contribution in [3.05, 3.63) is 53.6 Å². The molecule has 0 saturated carbocycles. The molecule has 0 heterocycles. The minimum Gasteiger partial charge on any atom is -0.493 e. The van der Waals surface area contributed by atoms with Gasteiger partial charge in [-0.2, -0.15) is 0 Å². The Labute approximate surface area is 148 Å². The maximum atomic E-state index is 11.7. The standard InChI is InChI=1S/C20H25NO4/c1-3-15-6-9-17(10-7-15)24-12-5-13-25-19-14-16(8-11-18(19)21)20(22)23-4-2/h6-11,14H,3-5,12-13,21H2,1-2H3. The van der Waals surface area contributed by atoms with E-state index in [4.69, 9.17) is 19.9 Å². The number of ether oxygens (including phenoxy) is 3. The summed E-state index contributed by atoms with van der Waals surface area (Å²) in [6.45, 7) is 5.21. The van der Waals surface area contributed by atoms with Gasteiger partial charge in [-0.15, -0.1) is 0 Å². The molecule has 0 bridgehead atoms. The first-order chi connectivity index (χ1) is 12.1. The Balaban J connectivity index is 1.78. The fourth-order valence-corrected chi connectivity index (χ4v) is 2.25. The number of nitrogen functional groups attached to an aromatic ring is 1. The van der Waals surface area contributed by atoms with Gasteiger partial charge in [0.1, 0.15) is 11.5 Å². The number of aryl methyl sites for hydroxylation is 1. The largest absolute Gasteiger partial charge is 0.493 e. The maximum absolute atomic E-state index is 11.7. The highest BCUT2D eigenvalue weighted by Gasteiger charge is 2.10. The normalized spacial score (nSPS) is 10.3.